The Morgan fingerprint density at radius 3 is 2.27 bits per heavy atom. The molecular formula is C12H27N3. The zero-order chi connectivity index (χ0) is 11.3. The van der Waals surface area contributed by atoms with Gasteiger partial charge < -0.3 is 10.6 Å². The summed E-state index contributed by atoms with van der Waals surface area (Å²) in [6.07, 6.45) is 2.57. The second kappa shape index (κ2) is 6.46. The average molecular weight is 213 g/mol. The fourth-order valence-electron chi connectivity index (χ4n) is 2.54. The normalized spacial score (nSPS) is 24.0. The minimum absolute atomic E-state index is 0.596. The number of rotatable bonds is 5. The maximum Gasteiger partial charge on any atom is 0.0245 e. The van der Waals surface area contributed by atoms with Crippen LogP contribution >= 0.6 is 0 Å². The molecule has 15 heavy (non-hydrogen) atoms. The third kappa shape index (κ3) is 3.74. The first kappa shape index (κ1) is 12.9. The smallest absolute Gasteiger partial charge is 0.0245 e. The van der Waals surface area contributed by atoms with Crippen molar-refractivity contribution in [1.29, 1.82) is 0 Å². The van der Waals surface area contributed by atoms with Crippen molar-refractivity contribution >= 4 is 0 Å². The molecule has 3 heteroatoms. The number of nitrogens with two attached hydrogens (primary N) is 1. The average Bonchev–Trinajstić information content (AvgIpc) is 2.22. The first-order valence-corrected chi connectivity index (χ1v) is 6.31. The highest BCUT2D eigenvalue weighted by molar-refractivity contribution is 4.81. The molecule has 1 saturated heterocycles. The molecule has 1 aliphatic rings. The van der Waals surface area contributed by atoms with Crippen LogP contribution in [0.1, 0.15) is 26.7 Å². The Kier molecular flexibility index (Phi) is 5.58. The van der Waals surface area contributed by atoms with Crippen LogP contribution in [0.2, 0.25) is 0 Å². The van der Waals surface area contributed by atoms with Gasteiger partial charge in [-0.15, -0.1) is 0 Å². The molecule has 0 spiro atoms. The SMILES string of the molecule is CCCC(C)C(CN)N1CCN(C)CC1. The number of hydrogen-bond acceptors (Lipinski definition) is 3. The van der Waals surface area contributed by atoms with Crippen molar-refractivity contribution in [3.8, 4) is 0 Å². The number of piperazine rings is 1. The highest BCUT2D eigenvalue weighted by Gasteiger charge is 2.25. The van der Waals surface area contributed by atoms with Gasteiger partial charge in [0.2, 0.25) is 0 Å². The van der Waals surface area contributed by atoms with Gasteiger partial charge in [0.1, 0.15) is 0 Å². The lowest BCUT2D eigenvalue weighted by Crippen LogP contribution is -2.53. The van der Waals surface area contributed by atoms with Crippen LogP contribution in [-0.4, -0.2) is 55.6 Å². The van der Waals surface area contributed by atoms with Crippen LogP contribution in [0.5, 0.6) is 0 Å². The molecule has 1 aliphatic heterocycles. The number of nitrogens with zero attached hydrogens (tertiary/aromatic N) is 2. The molecule has 0 amide bonds. The lowest BCUT2D eigenvalue weighted by Gasteiger charge is -2.40. The van der Waals surface area contributed by atoms with Crippen LogP contribution in [0.4, 0.5) is 0 Å². The van der Waals surface area contributed by atoms with Crippen LogP contribution in [0.15, 0.2) is 0 Å². The van der Waals surface area contributed by atoms with E-state index >= 15 is 0 Å². The molecule has 2 N–H and O–H groups in total. The summed E-state index contributed by atoms with van der Waals surface area (Å²) in [5.41, 5.74) is 5.91. The number of hydrogen-bond donors (Lipinski definition) is 1. The standard InChI is InChI=1S/C12H27N3/c1-4-5-11(2)12(10-13)15-8-6-14(3)7-9-15/h11-12H,4-10,13H2,1-3H3. The van der Waals surface area contributed by atoms with Gasteiger partial charge in [0.15, 0.2) is 0 Å². The summed E-state index contributed by atoms with van der Waals surface area (Å²) in [7, 11) is 2.20. The monoisotopic (exact) mass is 213 g/mol. The molecule has 1 rings (SSSR count). The quantitative estimate of drug-likeness (QED) is 0.739. The molecule has 0 aliphatic carbocycles. The summed E-state index contributed by atoms with van der Waals surface area (Å²) in [5.74, 6) is 0.739. The Morgan fingerprint density at radius 2 is 1.80 bits per heavy atom. The molecule has 90 valence electrons. The topological polar surface area (TPSA) is 32.5 Å². The minimum Gasteiger partial charge on any atom is -0.329 e. The van der Waals surface area contributed by atoms with Crippen LogP contribution in [-0.2, 0) is 0 Å². The van der Waals surface area contributed by atoms with Gasteiger partial charge in [0.05, 0.1) is 0 Å². The Hall–Kier alpha value is -0.120. The van der Waals surface area contributed by atoms with E-state index in [0.717, 1.165) is 12.5 Å². The Morgan fingerprint density at radius 1 is 1.20 bits per heavy atom. The van der Waals surface area contributed by atoms with Crippen LogP contribution in [0.3, 0.4) is 0 Å². The van der Waals surface area contributed by atoms with Gasteiger partial charge in [0.25, 0.3) is 0 Å². The molecular weight excluding hydrogens is 186 g/mol. The summed E-state index contributed by atoms with van der Waals surface area (Å²) in [4.78, 5) is 4.98. The van der Waals surface area contributed by atoms with Crippen molar-refractivity contribution < 1.29 is 0 Å². The van der Waals surface area contributed by atoms with Gasteiger partial charge in [-0.05, 0) is 19.4 Å². The molecule has 0 radical (unpaired) electrons. The fourth-order valence-corrected chi connectivity index (χ4v) is 2.54. The Labute approximate surface area is 94.6 Å². The predicted molar refractivity (Wildman–Crippen MR) is 66.0 cm³/mol. The van der Waals surface area contributed by atoms with Gasteiger partial charge in [-0.1, -0.05) is 20.3 Å². The first-order valence-electron chi connectivity index (χ1n) is 6.31. The second-order valence-electron chi connectivity index (χ2n) is 4.91. The molecule has 0 aromatic rings. The zero-order valence-corrected chi connectivity index (χ0v) is 10.6. The van der Waals surface area contributed by atoms with E-state index in [1.165, 1.54) is 39.0 Å². The van der Waals surface area contributed by atoms with Gasteiger partial charge in [-0.25, -0.2) is 0 Å². The van der Waals surface area contributed by atoms with E-state index in [0.29, 0.717) is 6.04 Å². The van der Waals surface area contributed by atoms with Crippen molar-refractivity contribution in [3.63, 3.8) is 0 Å². The fraction of sp³-hybridized carbons (Fsp3) is 1.00. The third-order valence-corrected chi connectivity index (χ3v) is 3.65. The summed E-state index contributed by atoms with van der Waals surface area (Å²) >= 11 is 0. The Bertz CT molecular complexity index is 164. The van der Waals surface area contributed by atoms with E-state index in [4.69, 9.17) is 5.73 Å². The van der Waals surface area contributed by atoms with Crippen molar-refractivity contribution in [2.24, 2.45) is 11.7 Å². The van der Waals surface area contributed by atoms with Gasteiger partial charge in [0, 0.05) is 38.8 Å². The maximum atomic E-state index is 5.91. The molecule has 3 nitrogen and oxygen atoms in total. The van der Waals surface area contributed by atoms with Crippen molar-refractivity contribution in [3.05, 3.63) is 0 Å². The van der Waals surface area contributed by atoms with E-state index in [2.05, 4.69) is 30.7 Å². The molecule has 2 unspecified atom stereocenters. The van der Waals surface area contributed by atoms with Crippen LogP contribution < -0.4 is 5.73 Å². The van der Waals surface area contributed by atoms with Crippen molar-refractivity contribution in [2.45, 2.75) is 32.7 Å². The lowest BCUT2D eigenvalue weighted by atomic mass is 9.95. The first-order chi connectivity index (χ1) is 7.19. The highest BCUT2D eigenvalue weighted by atomic mass is 15.3. The molecule has 2 atom stereocenters. The van der Waals surface area contributed by atoms with E-state index in [1.54, 1.807) is 0 Å². The zero-order valence-electron chi connectivity index (χ0n) is 10.6. The molecule has 1 heterocycles. The summed E-state index contributed by atoms with van der Waals surface area (Å²) in [6.45, 7) is 10.2. The summed E-state index contributed by atoms with van der Waals surface area (Å²) < 4.78 is 0. The van der Waals surface area contributed by atoms with E-state index in [-0.39, 0.29) is 0 Å². The molecule has 0 aromatic carbocycles. The maximum absolute atomic E-state index is 5.91. The Balaban J connectivity index is 2.43. The second-order valence-corrected chi connectivity index (χ2v) is 4.91. The minimum atomic E-state index is 0.596. The predicted octanol–water partition coefficient (Wildman–Crippen LogP) is 0.997. The van der Waals surface area contributed by atoms with Gasteiger partial charge in [-0.2, -0.15) is 0 Å². The van der Waals surface area contributed by atoms with Crippen LogP contribution in [0, 0.1) is 5.92 Å². The summed E-state index contributed by atoms with van der Waals surface area (Å²) in [6, 6.07) is 0.596. The molecule has 0 aromatic heterocycles. The molecule has 0 saturated carbocycles. The van der Waals surface area contributed by atoms with Gasteiger partial charge >= 0.3 is 0 Å². The van der Waals surface area contributed by atoms with Gasteiger partial charge in [-0.3, -0.25) is 4.90 Å². The highest BCUT2D eigenvalue weighted by Crippen LogP contribution is 2.17. The largest absolute Gasteiger partial charge is 0.329 e. The molecule has 1 fully saturated rings. The van der Waals surface area contributed by atoms with E-state index < -0.39 is 0 Å². The summed E-state index contributed by atoms with van der Waals surface area (Å²) in [5, 5.41) is 0. The van der Waals surface area contributed by atoms with Crippen molar-refractivity contribution in [2.75, 3.05) is 39.8 Å². The molecule has 0 bridgehead atoms. The van der Waals surface area contributed by atoms with E-state index in [1.807, 2.05) is 0 Å². The van der Waals surface area contributed by atoms with Crippen molar-refractivity contribution in [1.82, 2.24) is 9.80 Å². The van der Waals surface area contributed by atoms with E-state index in [9.17, 15) is 0 Å². The number of likely N-dealkylation sites (N-methyl/N-ethyl adjacent to an activating group) is 1. The van der Waals surface area contributed by atoms with Crippen LogP contribution in [0.25, 0.3) is 0 Å². The lowest BCUT2D eigenvalue weighted by molar-refractivity contribution is 0.0857. The third-order valence-electron chi connectivity index (χ3n) is 3.65.